The van der Waals surface area contributed by atoms with Crippen LogP contribution in [0.1, 0.15) is 5.56 Å². The molecule has 1 aromatic carbocycles. The molecule has 1 aliphatic rings. The van der Waals surface area contributed by atoms with E-state index in [-0.39, 0.29) is 18.0 Å². The van der Waals surface area contributed by atoms with Crippen LogP contribution in [-0.4, -0.2) is 35.6 Å². The third-order valence-electron chi connectivity index (χ3n) is 3.71. The van der Waals surface area contributed by atoms with E-state index >= 15 is 0 Å². The summed E-state index contributed by atoms with van der Waals surface area (Å²) in [7, 11) is 1.71. The Balaban J connectivity index is 1.68. The molecule has 3 rings (SSSR count). The van der Waals surface area contributed by atoms with Gasteiger partial charge in [0.25, 0.3) is 5.56 Å². The number of ether oxygens (including phenoxy) is 2. The second-order valence-electron chi connectivity index (χ2n) is 5.54. The molecule has 0 aliphatic carbocycles. The Kier molecular flexibility index (Phi) is 4.89. The van der Waals surface area contributed by atoms with Crippen LogP contribution in [0.25, 0.3) is 0 Å². The fraction of sp³-hybridized carbons (Fsp3) is 0.294. The van der Waals surface area contributed by atoms with E-state index < -0.39 is 0 Å². The SMILES string of the molecule is CN(Cc1ccc2c(c1)OCCO2)C(=O)Cn1cc(Br)ccc1=O. The number of carbonyl (C=O) groups excluding carboxylic acids is 1. The first-order valence-corrected chi connectivity index (χ1v) is 8.31. The van der Waals surface area contributed by atoms with Gasteiger partial charge in [-0.3, -0.25) is 9.59 Å². The van der Waals surface area contributed by atoms with Crippen molar-refractivity contribution in [3.05, 3.63) is 56.9 Å². The first-order chi connectivity index (χ1) is 11.5. The monoisotopic (exact) mass is 392 g/mol. The molecule has 0 N–H and O–H groups in total. The zero-order valence-electron chi connectivity index (χ0n) is 13.2. The quantitative estimate of drug-likeness (QED) is 0.798. The average Bonchev–Trinajstić information content (AvgIpc) is 2.58. The van der Waals surface area contributed by atoms with Gasteiger partial charge >= 0.3 is 0 Å². The van der Waals surface area contributed by atoms with E-state index in [1.807, 2.05) is 18.2 Å². The van der Waals surface area contributed by atoms with Gasteiger partial charge in [-0.2, -0.15) is 0 Å². The van der Waals surface area contributed by atoms with Gasteiger partial charge in [0.05, 0.1) is 0 Å². The van der Waals surface area contributed by atoms with Crippen molar-refractivity contribution >= 4 is 21.8 Å². The lowest BCUT2D eigenvalue weighted by Gasteiger charge is -2.21. The molecule has 0 atom stereocenters. The number of benzene rings is 1. The largest absolute Gasteiger partial charge is 0.486 e. The minimum absolute atomic E-state index is 0.000669. The van der Waals surface area contributed by atoms with Crippen molar-refractivity contribution in [3.8, 4) is 11.5 Å². The van der Waals surface area contributed by atoms with Crippen molar-refractivity contribution in [2.75, 3.05) is 20.3 Å². The predicted molar refractivity (Wildman–Crippen MR) is 92.3 cm³/mol. The zero-order chi connectivity index (χ0) is 17.1. The molecular formula is C17H17BrN2O4. The van der Waals surface area contributed by atoms with Crippen LogP contribution in [0.2, 0.25) is 0 Å². The summed E-state index contributed by atoms with van der Waals surface area (Å²) in [6.07, 6.45) is 1.61. The molecule has 0 saturated heterocycles. The highest BCUT2D eigenvalue weighted by Crippen LogP contribution is 2.31. The third-order valence-corrected chi connectivity index (χ3v) is 4.17. The summed E-state index contributed by atoms with van der Waals surface area (Å²) >= 11 is 3.30. The van der Waals surface area contributed by atoms with Gasteiger partial charge in [-0.25, -0.2) is 0 Å². The predicted octanol–water partition coefficient (Wildman–Crippen LogP) is 2.04. The summed E-state index contributed by atoms with van der Waals surface area (Å²) in [5.74, 6) is 1.27. The Morgan fingerprint density at radius 3 is 2.75 bits per heavy atom. The van der Waals surface area contributed by atoms with Gasteiger partial charge in [0.15, 0.2) is 11.5 Å². The number of rotatable bonds is 4. The van der Waals surface area contributed by atoms with Crippen LogP contribution in [0.4, 0.5) is 0 Å². The molecule has 0 spiro atoms. The maximum atomic E-state index is 12.4. The number of likely N-dealkylation sites (N-methyl/N-ethyl adjacent to an activating group) is 1. The second-order valence-corrected chi connectivity index (χ2v) is 6.46. The molecule has 2 heterocycles. The number of carbonyl (C=O) groups is 1. The van der Waals surface area contributed by atoms with Gasteiger partial charge < -0.3 is 18.9 Å². The van der Waals surface area contributed by atoms with E-state index in [2.05, 4.69) is 15.9 Å². The van der Waals surface area contributed by atoms with E-state index in [9.17, 15) is 9.59 Å². The highest BCUT2D eigenvalue weighted by molar-refractivity contribution is 9.10. The van der Waals surface area contributed by atoms with E-state index in [4.69, 9.17) is 9.47 Å². The van der Waals surface area contributed by atoms with Crippen LogP contribution in [0.3, 0.4) is 0 Å². The van der Waals surface area contributed by atoms with Crippen molar-refractivity contribution in [2.45, 2.75) is 13.1 Å². The first-order valence-electron chi connectivity index (χ1n) is 7.51. The van der Waals surface area contributed by atoms with Crippen molar-refractivity contribution in [1.29, 1.82) is 0 Å². The molecule has 0 fully saturated rings. The highest BCUT2D eigenvalue weighted by Gasteiger charge is 2.15. The normalized spacial score (nSPS) is 12.8. The number of hydrogen-bond acceptors (Lipinski definition) is 4. The fourth-order valence-corrected chi connectivity index (χ4v) is 2.82. The lowest BCUT2D eigenvalue weighted by atomic mass is 10.2. The summed E-state index contributed by atoms with van der Waals surface area (Å²) in [6, 6.07) is 8.72. The summed E-state index contributed by atoms with van der Waals surface area (Å²) in [5, 5.41) is 0. The van der Waals surface area contributed by atoms with E-state index in [1.54, 1.807) is 24.2 Å². The van der Waals surface area contributed by atoms with Gasteiger partial charge in [0.2, 0.25) is 5.91 Å². The Hall–Kier alpha value is -2.28. The molecule has 1 aromatic heterocycles. The number of hydrogen-bond donors (Lipinski definition) is 0. The molecule has 6 nitrogen and oxygen atoms in total. The molecule has 2 aromatic rings. The van der Waals surface area contributed by atoms with Gasteiger partial charge in [0.1, 0.15) is 19.8 Å². The lowest BCUT2D eigenvalue weighted by Crippen LogP contribution is -2.33. The number of halogens is 1. The zero-order valence-corrected chi connectivity index (χ0v) is 14.8. The Labute approximate surface area is 147 Å². The number of nitrogens with zero attached hydrogens (tertiary/aromatic N) is 2. The minimum atomic E-state index is -0.209. The number of aromatic nitrogens is 1. The summed E-state index contributed by atoms with van der Waals surface area (Å²) in [4.78, 5) is 25.7. The molecule has 24 heavy (non-hydrogen) atoms. The topological polar surface area (TPSA) is 60.8 Å². The minimum Gasteiger partial charge on any atom is -0.486 e. The van der Waals surface area contributed by atoms with E-state index in [1.165, 1.54) is 10.6 Å². The van der Waals surface area contributed by atoms with Crippen LogP contribution >= 0.6 is 15.9 Å². The van der Waals surface area contributed by atoms with E-state index in [0.717, 1.165) is 15.8 Å². The van der Waals surface area contributed by atoms with Crippen LogP contribution in [-0.2, 0) is 17.9 Å². The molecule has 7 heteroatoms. The van der Waals surface area contributed by atoms with Crippen molar-refractivity contribution < 1.29 is 14.3 Å². The first kappa shape index (κ1) is 16.6. The van der Waals surface area contributed by atoms with Crippen LogP contribution in [0.15, 0.2) is 45.8 Å². The van der Waals surface area contributed by atoms with Gasteiger partial charge in [-0.05, 0) is 39.7 Å². The lowest BCUT2D eigenvalue weighted by molar-refractivity contribution is -0.131. The van der Waals surface area contributed by atoms with Crippen molar-refractivity contribution in [3.63, 3.8) is 0 Å². The van der Waals surface area contributed by atoms with Crippen LogP contribution < -0.4 is 15.0 Å². The smallest absolute Gasteiger partial charge is 0.251 e. The maximum absolute atomic E-state index is 12.4. The highest BCUT2D eigenvalue weighted by atomic mass is 79.9. The van der Waals surface area contributed by atoms with Gasteiger partial charge in [0, 0.05) is 30.3 Å². The molecular weight excluding hydrogens is 376 g/mol. The summed E-state index contributed by atoms with van der Waals surface area (Å²) in [6.45, 7) is 1.50. The molecule has 0 radical (unpaired) electrons. The maximum Gasteiger partial charge on any atom is 0.251 e. The molecule has 0 unspecified atom stereocenters. The third kappa shape index (κ3) is 3.79. The number of amides is 1. The van der Waals surface area contributed by atoms with Gasteiger partial charge in [-0.15, -0.1) is 0 Å². The Morgan fingerprint density at radius 2 is 1.96 bits per heavy atom. The van der Waals surface area contributed by atoms with Crippen LogP contribution in [0, 0.1) is 0 Å². The Bertz CT molecular complexity index is 818. The molecule has 1 amide bonds. The summed E-state index contributed by atoms with van der Waals surface area (Å²) in [5.41, 5.74) is 0.732. The fourth-order valence-electron chi connectivity index (χ4n) is 2.44. The van der Waals surface area contributed by atoms with E-state index in [0.29, 0.717) is 25.5 Å². The molecule has 0 saturated carbocycles. The standard InChI is InChI=1S/C17H17BrN2O4/c1-19(17(22)11-20-10-13(18)3-5-16(20)21)9-12-2-4-14-15(8-12)24-7-6-23-14/h2-5,8,10H,6-7,9,11H2,1H3. The van der Waals surface area contributed by atoms with Crippen molar-refractivity contribution in [1.82, 2.24) is 9.47 Å². The second kappa shape index (κ2) is 7.09. The number of fused-ring (bicyclic) bond motifs is 1. The number of pyridine rings is 1. The Morgan fingerprint density at radius 1 is 1.21 bits per heavy atom. The average molecular weight is 393 g/mol. The molecule has 126 valence electrons. The molecule has 1 aliphatic heterocycles. The van der Waals surface area contributed by atoms with Crippen molar-refractivity contribution in [2.24, 2.45) is 0 Å². The molecule has 0 bridgehead atoms. The van der Waals surface area contributed by atoms with Crippen LogP contribution in [0.5, 0.6) is 11.5 Å². The van der Waals surface area contributed by atoms with Gasteiger partial charge in [-0.1, -0.05) is 6.07 Å². The summed E-state index contributed by atoms with van der Waals surface area (Å²) < 4.78 is 13.2.